The standard InChI is InChI=1S/C9H13F3N4O3S.ClH/c1-14-3-5-16(8(14)7-13-17)6-4-15(2)20(18,19)9(10,11)12;/h3,5,7H,4,6H2,1-2H3;1H. The predicted molar refractivity (Wildman–Crippen MR) is 62.6 cm³/mol. The number of rotatable bonds is 5. The van der Waals surface area contributed by atoms with Crippen molar-refractivity contribution in [2.45, 2.75) is 12.1 Å². The molecule has 0 atom stereocenters. The molecule has 1 rings (SSSR count). The Morgan fingerprint density at radius 2 is 2.10 bits per heavy atom. The highest BCUT2D eigenvalue weighted by Crippen LogP contribution is 2.25. The Balaban J connectivity index is 0.00000400. The van der Waals surface area contributed by atoms with Gasteiger partial charge in [-0.2, -0.15) is 17.5 Å². The Hall–Kier alpha value is -1.33. The predicted octanol–water partition coefficient (Wildman–Crippen LogP) is -3.09. The number of oxime groups is 1. The lowest BCUT2D eigenvalue weighted by Crippen LogP contribution is -3.00. The van der Waals surface area contributed by atoms with Crippen molar-refractivity contribution in [3.63, 3.8) is 0 Å². The Morgan fingerprint density at radius 1 is 1.52 bits per heavy atom. The Kier molecular flexibility index (Phi) is 6.64. The summed E-state index contributed by atoms with van der Waals surface area (Å²) in [5.41, 5.74) is -5.32. The fraction of sp³-hybridized carbons (Fsp3) is 0.556. The molecule has 0 amide bonds. The molecule has 0 radical (unpaired) electrons. The van der Waals surface area contributed by atoms with Crippen LogP contribution < -0.4 is 17.0 Å². The number of imidazole rings is 1. The van der Waals surface area contributed by atoms with Crippen molar-refractivity contribution >= 4 is 16.2 Å². The van der Waals surface area contributed by atoms with Gasteiger partial charge in [0.15, 0.2) is 6.21 Å². The quantitative estimate of drug-likeness (QED) is 0.264. The van der Waals surface area contributed by atoms with Gasteiger partial charge in [0.1, 0.15) is 18.9 Å². The van der Waals surface area contributed by atoms with Gasteiger partial charge in [-0.1, -0.05) is 5.16 Å². The lowest BCUT2D eigenvalue weighted by Gasteiger charge is -2.17. The summed E-state index contributed by atoms with van der Waals surface area (Å²) in [4.78, 5) is 0. The molecule has 1 aromatic rings. The second-order valence-electron chi connectivity index (χ2n) is 3.98. The van der Waals surface area contributed by atoms with Gasteiger partial charge in [0.25, 0.3) is 0 Å². The maximum absolute atomic E-state index is 12.3. The minimum Gasteiger partial charge on any atom is -1.00 e. The maximum Gasteiger partial charge on any atom is 0.511 e. The highest BCUT2D eigenvalue weighted by Gasteiger charge is 2.48. The van der Waals surface area contributed by atoms with E-state index in [-0.39, 0.29) is 29.8 Å². The van der Waals surface area contributed by atoms with E-state index in [9.17, 15) is 21.6 Å². The van der Waals surface area contributed by atoms with Crippen LogP contribution in [0.1, 0.15) is 5.82 Å². The first-order valence-corrected chi connectivity index (χ1v) is 6.80. The number of likely N-dealkylation sites (N-methyl/N-ethyl adjacent to an activating group) is 1. The average Bonchev–Trinajstić information content (AvgIpc) is 2.67. The smallest absolute Gasteiger partial charge is 0.511 e. The molecule has 0 saturated heterocycles. The Bertz CT molecular complexity index is 600. The molecule has 0 aliphatic heterocycles. The Morgan fingerprint density at radius 3 is 2.57 bits per heavy atom. The number of aryl methyl sites for hydroxylation is 1. The summed E-state index contributed by atoms with van der Waals surface area (Å²) >= 11 is 0. The van der Waals surface area contributed by atoms with E-state index in [0.29, 0.717) is 5.82 Å². The zero-order chi connectivity index (χ0) is 15.6. The highest BCUT2D eigenvalue weighted by atomic mass is 35.5. The molecule has 12 heteroatoms. The molecule has 0 aliphatic carbocycles. The van der Waals surface area contributed by atoms with Gasteiger partial charge in [-0.05, 0) is 0 Å². The summed E-state index contributed by atoms with van der Waals surface area (Å²) < 4.78 is 62.4. The van der Waals surface area contributed by atoms with Crippen molar-refractivity contribution in [2.75, 3.05) is 13.6 Å². The molecule has 1 heterocycles. The highest BCUT2D eigenvalue weighted by molar-refractivity contribution is 7.89. The van der Waals surface area contributed by atoms with E-state index in [1.807, 2.05) is 0 Å². The summed E-state index contributed by atoms with van der Waals surface area (Å²) in [6.45, 7) is -0.392. The van der Waals surface area contributed by atoms with E-state index < -0.39 is 15.5 Å². The molecule has 0 fully saturated rings. The summed E-state index contributed by atoms with van der Waals surface area (Å²) in [5, 5.41) is 11.3. The van der Waals surface area contributed by atoms with Gasteiger partial charge in [0.05, 0.1) is 13.6 Å². The molecule has 0 aromatic carbocycles. The zero-order valence-corrected chi connectivity index (χ0v) is 12.7. The lowest BCUT2D eigenvalue weighted by atomic mass is 10.5. The van der Waals surface area contributed by atoms with Crippen LogP contribution in [-0.2, 0) is 23.6 Å². The van der Waals surface area contributed by atoms with Gasteiger partial charge in [0.2, 0.25) is 0 Å². The third-order valence-electron chi connectivity index (χ3n) is 2.66. The summed E-state index contributed by atoms with van der Waals surface area (Å²) in [7, 11) is -2.84. The maximum atomic E-state index is 12.3. The number of hydrogen-bond donors (Lipinski definition) is 1. The van der Waals surface area contributed by atoms with Crippen molar-refractivity contribution < 1.29 is 43.8 Å². The molecule has 7 nitrogen and oxygen atoms in total. The second-order valence-corrected chi connectivity index (χ2v) is 6.01. The van der Waals surface area contributed by atoms with Gasteiger partial charge >= 0.3 is 21.4 Å². The Labute approximate surface area is 125 Å². The van der Waals surface area contributed by atoms with Crippen LogP contribution in [0.5, 0.6) is 0 Å². The average molecular weight is 351 g/mol. The van der Waals surface area contributed by atoms with Gasteiger partial charge in [0, 0.05) is 7.05 Å². The van der Waals surface area contributed by atoms with E-state index in [0.717, 1.165) is 13.3 Å². The molecule has 0 spiro atoms. The van der Waals surface area contributed by atoms with E-state index in [2.05, 4.69) is 5.16 Å². The molecular weight excluding hydrogens is 337 g/mol. The van der Waals surface area contributed by atoms with Crippen LogP contribution in [0.3, 0.4) is 0 Å². The minimum absolute atomic E-state index is 0. The summed E-state index contributed by atoms with van der Waals surface area (Å²) in [6.07, 6.45) is 4.22. The number of sulfonamides is 1. The number of hydrogen-bond acceptors (Lipinski definition) is 4. The van der Waals surface area contributed by atoms with Gasteiger partial charge < -0.3 is 17.6 Å². The van der Waals surface area contributed by atoms with Crippen LogP contribution in [-0.4, -0.2) is 47.8 Å². The van der Waals surface area contributed by atoms with Gasteiger partial charge in [-0.3, -0.25) is 0 Å². The molecule has 0 saturated carbocycles. The summed E-state index contributed by atoms with van der Waals surface area (Å²) in [6, 6.07) is 0. The van der Waals surface area contributed by atoms with E-state index in [1.165, 1.54) is 10.8 Å². The van der Waals surface area contributed by atoms with Crippen LogP contribution in [0.2, 0.25) is 0 Å². The van der Waals surface area contributed by atoms with Gasteiger partial charge in [-0.25, -0.2) is 17.6 Å². The first-order valence-electron chi connectivity index (χ1n) is 5.36. The van der Waals surface area contributed by atoms with E-state index in [4.69, 9.17) is 5.21 Å². The SMILES string of the molecule is CN(CCn1cc[n+](C)c1/C=N/O)S(=O)(=O)C(F)(F)F.[Cl-]. The number of halogens is 4. The number of aromatic nitrogens is 2. The fourth-order valence-electron chi connectivity index (χ4n) is 1.49. The molecule has 122 valence electrons. The van der Waals surface area contributed by atoms with E-state index >= 15 is 0 Å². The fourth-order valence-corrected chi connectivity index (χ4v) is 2.16. The molecular formula is C9H14ClF3N4O3S. The third-order valence-corrected chi connectivity index (χ3v) is 4.25. The number of nitrogens with zero attached hydrogens (tertiary/aromatic N) is 4. The minimum atomic E-state index is -5.33. The largest absolute Gasteiger partial charge is 1.00 e. The van der Waals surface area contributed by atoms with Crippen LogP contribution in [0.25, 0.3) is 0 Å². The van der Waals surface area contributed by atoms with Crippen LogP contribution in [0.15, 0.2) is 17.5 Å². The van der Waals surface area contributed by atoms with Crippen LogP contribution in [0, 0.1) is 0 Å². The van der Waals surface area contributed by atoms with Crippen LogP contribution >= 0.6 is 0 Å². The molecule has 21 heavy (non-hydrogen) atoms. The molecule has 0 bridgehead atoms. The first kappa shape index (κ1) is 19.7. The van der Waals surface area contributed by atoms with E-state index in [1.54, 1.807) is 17.8 Å². The molecule has 0 unspecified atom stereocenters. The topological polar surface area (TPSA) is 78.8 Å². The van der Waals surface area contributed by atoms with Crippen molar-refractivity contribution in [2.24, 2.45) is 12.2 Å². The van der Waals surface area contributed by atoms with Crippen LogP contribution in [0.4, 0.5) is 13.2 Å². The summed E-state index contributed by atoms with van der Waals surface area (Å²) in [5.74, 6) is 0.408. The first-order chi connectivity index (χ1) is 9.11. The molecule has 1 aromatic heterocycles. The second kappa shape index (κ2) is 7.09. The van der Waals surface area contributed by atoms with Crippen molar-refractivity contribution in [1.29, 1.82) is 0 Å². The third kappa shape index (κ3) is 4.32. The van der Waals surface area contributed by atoms with Crippen molar-refractivity contribution in [3.8, 4) is 0 Å². The number of alkyl halides is 3. The monoisotopic (exact) mass is 350 g/mol. The van der Waals surface area contributed by atoms with Crippen molar-refractivity contribution in [3.05, 3.63) is 18.2 Å². The molecule has 0 aliphatic rings. The normalized spacial score (nSPS) is 12.9. The van der Waals surface area contributed by atoms with Gasteiger partial charge in [-0.15, -0.1) is 0 Å². The lowest BCUT2D eigenvalue weighted by molar-refractivity contribution is -0.671. The van der Waals surface area contributed by atoms with Crippen molar-refractivity contribution in [1.82, 2.24) is 8.87 Å². The zero-order valence-electron chi connectivity index (χ0n) is 11.1. The molecule has 1 N–H and O–H groups in total.